The number of carbonyl (C=O) groups is 1. The van der Waals surface area contributed by atoms with E-state index in [1.807, 2.05) is 0 Å². The lowest BCUT2D eigenvalue weighted by Gasteiger charge is -2.24. The fourth-order valence-corrected chi connectivity index (χ4v) is 2.30. The largest absolute Gasteiger partial charge is 0.298 e. The van der Waals surface area contributed by atoms with Gasteiger partial charge in [-0.3, -0.25) is 4.79 Å². The van der Waals surface area contributed by atoms with Crippen molar-refractivity contribution < 1.29 is 13.6 Å². The van der Waals surface area contributed by atoms with Crippen LogP contribution in [0.5, 0.6) is 0 Å². The number of benzene rings is 2. The standard InChI is InChI=1S/C17H15ClF2O/c1-17(2,12-6-8-13(19)9-7-12)15(21)10-11-4-3-5-14(18)16(11)20/h3-9H,10H2,1-2H3. The number of hydrogen-bond donors (Lipinski definition) is 0. The summed E-state index contributed by atoms with van der Waals surface area (Å²) in [5.41, 5.74) is 0.127. The molecule has 0 aromatic heterocycles. The van der Waals surface area contributed by atoms with Crippen LogP contribution in [0.4, 0.5) is 8.78 Å². The van der Waals surface area contributed by atoms with Crippen molar-refractivity contribution in [1.82, 2.24) is 0 Å². The second kappa shape index (κ2) is 5.94. The van der Waals surface area contributed by atoms with Gasteiger partial charge < -0.3 is 0 Å². The molecule has 0 N–H and O–H groups in total. The molecular weight excluding hydrogens is 294 g/mol. The predicted octanol–water partition coefficient (Wildman–Crippen LogP) is 4.71. The highest BCUT2D eigenvalue weighted by atomic mass is 35.5. The van der Waals surface area contributed by atoms with Crippen LogP contribution >= 0.6 is 11.6 Å². The summed E-state index contributed by atoms with van der Waals surface area (Å²) in [5, 5.41) is -0.000103. The maximum absolute atomic E-state index is 13.9. The zero-order valence-corrected chi connectivity index (χ0v) is 12.5. The van der Waals surface area contributed by atoms with Gasteiger partial charge in [-0.05, 0) is 43.2 Å². The average molecular weight is 309 g/mol. The Morgan fingerprint density at radius 3 is 2.33 bits per heavy atom. The maximum Gasteiger partial charge on any atom is 0.147 e. The zero-order valence-electron chi connectivity index (χ0n) is 11.8. The second-order valence-corrected chi connectivity index (χ2v) is 5.85. The van der Waals surface area contributed by atoms with E-state index in [-0.39, 0.29) is 28.6 Å². The van der Waals surface area contributed by atoms with Gasteiger partial charge in [0, 0.05) is 11.8 Å². The van der Waals surface area contributed by atoms with Gasteiger partial charge in [0.2, 0.25) is 0 Å². The summed E-state index contributed by atoms with van der Waals surface area (Å²) in [6.07, 6.45) is -0.0588. The Morgan fingerprint density at radius 1 is 1.10 bits per heavy atom. The SMILES string of the molecule is CC(C)(C(=O)Cc1cccc(Cl)c1F)c1ccc(F)cc1. The minimum absolute atomic E-state index is 0.000103. The van der Waals surface area contributed by atoms with E-state index in [0.717, 1.165) is 0 Å². The third kappa shape index (κ3) is 3.30. The first-order valence-corrected chi connectivity index (χ1v) is 6.92. The van der Waals surface area contributed by atoms with Crippen molar-refractivity contribution in [2.45, 2.75) is 25.7 Å². The second-order valence-electron chi connectivity index (χ2n) is 5.44. The van der Waals surface area contributed by atoms with Crippen LogP contribution in [-0.4, -0.2) is 5.78 Å². The molecule has 0 spiro atoms. The molecule has 4 heteroatoms. The van der Waals surface area contributed by atoms with Crippen LogP contribution in [0.15, 0.2) is 42.5 Å². The maximum atomic E-state index is 13.9. The minimum Gasteiger partial charge on any atom is -0.298 e. The van der Waals surface area contributed by atoms with Gasteiger partial charge in [-0.15, -0.1) is 0 Å². The van der Waals surface area contributed by atoms with Gasteiger partial charge in [0.15, 0.2) is 0 Å². The molecule has 110 valence electrons. The normalized spacial score (nSPS) is 11.5. The van der Waals surface area contributed by atoms with Gasteiger partial charge in [-0.1, -0.05) is 35.9 Å². The summed E-state index contributed by atoms with van der Waals surface area (Å²) < 4.78 is 26.8. The highest BCUT2D eigenvalue weighted by molar-refractivity contribution is 6.30. The molecule has 0 saturated heterocycles. The van der Waals surface area contributed by atoms with E-state index in [1.54, 1.807) is 38.1 Å². The quantitative estimate of drug-likeness (QED) is 0.799. The summed E-state index contributed by atoms with van der Waals surface area (Å²) >= 11 is 5.72. The molecule has 1 nitrogen and oxygen atoms in total. The van der Waals surface area contributed by atoms with E-state index >= 15 is 0 Å². The Bertz CT molecular complexity index is 663. The number of rotatable bonds is 4. The van der Waals surface area contributed by atoms with Crippen molar-refractivity contribution in [3.05, 3.63) is 70.2 Å². The van der Waals surface area contributed by atoms with Gasteiger partial charge >= 0.3 is 0 Å². The Morgan fingerprint density at radius 2 is 1.71 bits per heavy atom. The number of Topliss-reactive ketones (excluding diaryl/α,β-unsaturated/α-hetero) is 1. The lowest BCUT2D eigenvalue weighted by atomic mass is 9.78. The number of hydrogen-bond acceptors (Lipinski definition) is 1. The zero-order chi connectivity index (χ0) is 15.6. The highest BCUT2D eigenvalue weighted by Gasteiger charge is 2.30. The van der Waals surface area contributed by atoms with Crippen LogP contribution in [0, 0.1) is 11.6 Å². The van der Waals surface area contributed by atoms with Gasteiger partial charge in [0.05, 0.1) is 5.02 Å². The molecule has 0 amide bonds. The summed E-state index contributed by atoms with van der Waals surface area (Å²) in [7, 11) is 0. The smallest absolute Gasteiger partial charge is 0.147 e. The molecule has 0 bridgehead atoms. The van der Waals surface area contributed by atoms with Crippen LogP contribution in [0.2, 0.25) is 5.02 Å². The van der Waals surface area contributed by atoms with E-state index in [2.05, 4.69) is 0 Å². The molecule has 0 atom stereocenters. The number of halogens is 3. The third-order valence-electron chi connectivity index (χ3n) is 3.65. The Labute approximate surface area is 127 Å². The molecule has 0 heterocycles. The number of ketones is 1. The molecule has 2 aromatic rings. The van der Waals surface area contributed by atoms with E-state index < -0.39 is 11.2 Å². The molecule has 2 aromatic carbocycles. The highest BCUT2D eigenvalue weighted by Crippen LogP contribution is 2.27. The van der Waals surface area contributed by atoms with Gasteiger partial charge in [0.1, 0.15) is 17.4 Å². The molecular formula is C17H15ClF2O. The first-order chi connectivity index (χ1) is 9.82. The van der Waals surface area contributed by atoms with Crippen molar-refractivity contribution in [2.24, 2.45) is 0 Å². The minimum atomic E-state index is -0.831. The van der Waals surface area contributed by atoms with Crippen LogP contribution in [0.3, 0.4) is 0 Å². The van der Waals surface area contributed by atoms with E-state index in [9.17, 15) is 13.6 Å². The Kier molecular flexibility index (Phi) is 4.43. The van der Waals surface area contributed by atoms with Crippen LogP contribution in [0.1, 0.15) is 25.0 Å². The van der Waals surface area contributed by atoms with Crippen molar-refractivity contribution in [2.75, 3.05) is 0 Å². The molecule has 0 aliphatic rings. The van der Waals surface area contributed by atoms with E-state index in [4.69, 9.17) is 11.6 Å². The van der Waals surface area contributed by atoms with Crippen LogP contribution < -0.4 is 0 Å². The fourth-order valence-electron chi connectivity index (χ4n) is 2.11. The van der Waals surface area contributed by atoms with Gasteiger partial charge in [0.25, 0.3) is 0 Å². The van der Waals surface area contributed by atoms with E-state index in [1.165, 1.54) is 18.2 Å². The van der Waals surface area contributed by atoms with Crippen LogP contribution in [-0.2, 0) is 16.6 Å². The summed E-state index contributed by atoms with van der Waals surface area (Å²) in [6.45, 7) is 3.48. The van der Waals surface area contributed by atoms with Gasteiger partial charge in [-0.25, -0.2) is 8.78 Å². The van der Waals surface area contributed by atoms with Crippen molar-refractivity contribution in [1.29, 1.82) is 0 Å². The molecule has 0 unspecified atom stereocenters. The predicted molar refractivity (Wildman–Crippen MR) is 79.5 cm³/mol. The lowest BCUT2D eigenvalue weighted by molar-refractivity contribution is -0.122. The molecule has 0 fully saturated rings. The molecule has 0 radical (unpaired) electrons. The van der Waals surface area contributed by atoms with Crippen molar-refractivity contribution in [3.8, 4) is 0 Å². The first-order valence-electron chi connectivity index (χ1n) is 6.54. The Balaban J connectivity index is 2.26. The fraction of sp³-hybridized carbons (Fsp3) is 0.235. The third-order valence-corrected chi connectivity index (χ3v) is 3.94. The molecule has 0 aliphatic heterocycles. The van der Waals surface area contributed by atoms with E-state index in [0.29, 0.717) is 5.56 Å². The molecule has 2 rings (SSSR count). The Hall–Kier alpha value is -1.74. The number of carbonyl (C=O) groups excluding carboxylic acids is 1. The monoisotopic (exact) mass is 308 g/mol. The molecule has 0 saturated carbocycles. The van der Waals surface area contributed by atoms with Gasteiger partial charge in [-0.2, -0.15) is 0 Å². The topological polar surface area (TPSA) is 17.1 Å². The summed E-state index contributed by atoms with van der Waals surface area (Å²) in [6, 6.07) is 10.4. The van der Waals surface area contributed by atoms with Crippen LogP contribution in [0.25, 0.3) is 0 Å². The molecule has 21 heavy (non-hydrogen) atoms. The summed E-state index contributed by atoms with van der Waals surface area (Å²) in [4.78, 5) is 12.5. The first kappa shape index (κ1) is 15.6. The van der Waals surface area contributed by atoms with Crippen molar-refractivity contribution in [3.63, 3.8) is 0 Å². The van der Waals surface area contributed by atoms with Crippen molar-refractivity contribution >= 4 is 17.4 Å². The summed E-state index contributed by atoms with van der Waals surface area (Å²) in [5.74, 6) is -1.08. The average Bonchev–Trinajstić information content (AvgIpc) is 2.44. The lowest BCUT2D eigenvalue weighted by Crippen LogP contribution is -2.30. The molecule has 0 aliphatic carbocycles.